The summed E-state index contributed by atoms with van der Waals surface area (Å²) in [5, 5.41) is 0. The molecule has 0 aromatic heterocycles. The van der Waals surface area contributed by atoms with Gasteiger partial charge in [0.25, 0.3) is 5.91 Å². The van der Waals surface area contributed by atoms with Gasteiger partial charge in [0.15, 0.2) is 0 Å². The molecule has 1 aliphatic rings. The second kappa shape index (κ2) is 5.40. The van der Waals surface area contributed by atoms with E-state index >= 15 is 0 Å². The minimum absolute atomic E-state index is 0.0557. The van der Waals surface area contributed by atoms with E-state index < -0.39 is 0 Å². The molecule has 18 heavy (non-hydrogen) atoms. The van der Waals surface area contributed by atoms with Gasteiger partial charge in [-0.2, -0.15) is 0 Å². The number of primary amides is 1. The van der Waals surface area contributed by atoms with Crippen molar-refractivity contribution in [1.82, 2.24) is 4.90 Å². The molecule has 0 bridgehead atoms. The lowest BCUT2D eigenvalue weighted by atomic mass is 10.1. The lowest BCUT2D eigenvalue weighted by Gasteiger charge is -2.16. The van der Waals surface area contributed by atoms with Gasteiger partial charge in [-0.05, 0) is 24.1 Å². The van der Waals surface area contributed by atoms with Gasteiger partial charge >= 0.3 is 0 Å². The number of amides is 2. The number of nitrogens with two attached hydrogens (primary N) is 1. The van der Waals surface area contributed by atoms with Crippen molar-refractivity contribution in [3.05, 3.63) is 35.4 Å². The summed E-state index contributed by atoms with van der Waals surface area (Å²) < 4.78 is 0. The molecule has 1 aromatic rings. The zero-order valence-electron chi connectivity index (χ0n) is 9.93. The number of halogens is 1. The average molecular weight is 267 g/mol. The van der Waals surface area contributed by atoms with Crippen LogP contribution in [0.5, 0.6) is 0 Å². The molecule has 0 radical (unpaired) electrons. The Kier molecular flexibility index (Phi) is 3.87. The maximum atomic E-state index is 12.2. The number of hydrogen-bond donors (Lipinski definition) is 1. The number of benzene rings is 1. The molecule has 96 valence electrons. The SMILES string of the molecule is NC(=O)C1CCN(C(=O)c2ccc(CCl)cc2)C1. The highest BCUT2D eigenvalue weighted by molar-refractivity contribution is 6.17. The van der Waals surface area contributed by atoms with Gasteiger partial charge in [0.2, 0.25) is 5.91 Å². The molecule has 1 aliphatic heterocycles. The number of hydrogen-bond acceptors (Lipinski definition) is 2. The van der Waals surface area contributed by atoms with Gasteiger partial charge in [-0.3, -0.25) is 9.59 Å². The Labute approximate surface area is 111 Å². The number of carbonyl (C=O) groups excluding carboxylic acids is 2. The average Bonchev–Trinajstić information content (AvgIpc) is 2.88. The van der Waals surface area contributed by atoms with E-state index in [0.717, 1.165) is 5.56 Å². The number of alkyl halides is 1. The van der Waals surface area contributed by atoms with Gasteiger partial charge in [0.05, 0.1) is 5.92 Å². The van der Waals surface area contributed by atoms with E-state index in [4.69, 9.17) is 17.3 Å². The number of nitrogens with zero attached hydrogens (tertiary/aromatic N) is 1. The molecule has 2 rings (SSSR count). The molecular formula is C13H15ClN2O2. The van der Waals surface area contributed by atoms with Crippen LogP contribution in [0.4, 0.5) is 0 Å². The summed E-state index contributed by atoms with van der Waals surface area (Å²) in [5.74, 6) is -0.166. The molecule has 1 saturated heterocycles. The summed E-state index contributed by atoms with van der Waals surface area (Å²) in [7, 11) is 0. The van der Waals surface area contributed by atoms with Gasteiger partial charge in [-0.15, -0.1) is 11.6 Å². The molecule has 0 spiro atoms. The largest absolute Gasteiger partial charge is 0.369 e. The number of rotatable bonds is 3. The van der Waals surface area contributed by atoms with Crippen molar-refractivity contribution >= 4 is 23.4 Å². The second-order valence-electron chi connectivity index (χ2n) is 4.47. The quantitative estimate of drug-likeness (QED) is 0.840. The highest BCUT2D eigenvalue weighted by Gasteiger charge is 2.29. The summed E-state index contributed by atoms with van der Waals surface area (Å²) in [5.41, 5.74) is 6.84. The van der Waals surface area contributed by atoms with Crippen molar-refractivity contribution in [2.45, 2.75) is 12.3 Å². The minimum Gasteiger partial charge on any atom is -0.369 e. The van der Waals surface area contributed by atoms with Crippen LogP contribution < -0.4 is 5.73 Å². The van der Waals surface area contributed by atoms with Crippen molar-refractivity contribution in [2.24, 2.45) is 11.7 Å². The Morgan fingerprint density at radius 3 is 2.50 bits per heavy atom. The first kappa shape index (κ1) is 12.9. The first-order chi connectivity index (χ1) is 8.61. The van der Waals surface area contributed by atoms with Crippen molar-refractivity contribution in [1.29, 1.82) is 0 Å². The van der Waals surface area contributed by atoms with E-state index in [1.807, 2.05) is 12.1 Å². The minimum atomic E-state index is -0.331. The van der Waals surface area contributed by atoms with E-state index in [-0.39, 0.29) is 17.7 Å². The maximum Gasteiger partial charge on any atom is 0.253 e. The molecule has 0 saturated carbocycles. The highest BCUT2D eigenvalue weighted by atomic mass is 35.5. The first-order valence-electron chi connectivity index (χ1n) is 5.85. The molecule has 4 nitrogen and oxygen atoms in total. The lowest BCUT2D eigenvalue weighted by Crippen LogP contribution is -2.31. The third kappa shape index (κ3) is 2.64. The Bertz CT molecular complexity index is 459. The first-order valence-corrected chi connectivity index (χ1v) is 6.38. The van der Waals surface area contributed by atoms with Crippen LogP contribution in [0.25, 0.3) is 0 Å². The van der Waals surface area contributed by atoms with Crippen molar-refractivity contribution < 1.29 is 9.59 Å². The van der Waals surface area contributed by atoms with E-state index in [1.165, 1.54) is 0 Å². The van der Waals surface area contributed by atoms with Gasteiger partial charge < -0.3 is 10.6 Å². The predicted octanol–water partition coefficient (Wildman–Crippen LogP) is 1.37. The summed E-state index contributed by atoms with van der Waals surface area (Å²) in [6.07, 6.45) is 0.654. The monoisotopic (exact) mass is 266 g/mol. The van der Waals surface area contributed by atoms with Crippen LogP contribution in [0.1, 0.15) is 22.3 Å². The Morgan fingerprint density at radius 1 is 1.33 bits per heavy atom. The third-order valence-electron chi connectivity index (χ3n) is 3.23. The molecule has 2 N–H and O–H groups in total. The van der Waals surface area contributed by atoms with Crippen molar-refractivity contribution in [3.63, 3.8) is 0 Å². The fourth-order valence-electron chi connectivity index (χ4n) is 2.10. The molecule has 2 amide bonds. The standard InChI is InChI=1S/C13H15ClN2O2/c14-7-9-1-3-10(4-2-9)13(18)16-6-5-11(8-16)12(15)17/h1-4,11H,5-8H2,(H2,15,17). The van der Waals surface area contributed by atoms with Crippen LogP contribution in [-0.2, 0) is 10.7 Å². The Morgan fingerprint density at radius 2 is 2.00 bits per heavy atom. The molecule has 5 heteroatoms. The molecule has 1 heterocycles. The molecule has 1 atom stereocenters. The van der Waals surface area contributed by atoms with E-state index in [2.05, 4.69) is 0 Å². The van der Waals surface area contributed by atoms with E-state index in [1.54, 1.807) is 17.0 Å². The van der Waals surface area contributed by atoms with Crippen LogP contribution in [0.2, 0.25) is 0 Å². The van der Waals surface area contributed by atoms with Crippen LogP contribution in [0, 0.1) is 5.92 Å². The van der Waals surface area contributed by atoms with Crippen LogP contribution in [0.3, 0.4) is 0 Å². The summed E-state index contributed by atoms with van der Waals surface area (Å²) in [4.78, 5) is 24.9. The molecule has 1 unspecified atom stereocenters. The maximum absolute atomic E-state index is 12.2. The van der Waals surface area contributed by atoms with Gasteiger partial charge in [-0.1, -0.05) is 12.1 Å². The van der Waals surface area contributed by atoms with Gasteiger partial charge in [-0.25, -0.2) is 0 Å². The van der Waals surface area contributed by atoms with Gasteiger partial charge in [0, 0.05) is 24.5 Å². The zero-order valence-corrected chi connectivity index (χ0v) is 10.7. The lowest BCUT2D eigenvalue weighted by molar-refractivity contribution is -0.121. The van der Waals surface area contributed by atoms with E-state index in [0.29, 0.717) is 31.0 Å². The Hall–Kier alpha value is -1.55. The van der Waals surface area contributed by atoms with Gasteiger partial charge in [0.1, 0.15) is 0 Å². The smallest absolute Gasteiger partial charge is 0.253 e. The molecular weight excluding hydrogens is 252 g/mol. The topological polar surface area (TPSA) is 63.4 Å². The Balaban J connectivity index is 2.05. The van der Waals surface area contributed by atoms with Crippen LogP contribution in [-0.4, -0.2) is 29.8 Å². The van der Waals surface area contributed by atoms with Crippen LogP contribution >= 0.6 is 11.6 Å². The fourth-order valence-corrected chi connectivity index (χ4v) is 2.27. The summed E-state index contributed by atoms with van der Waals surface area (Å²) >= 11 is 5.69. The van der Waals surface area contributed by atoms with Crippen molar-refractivity contribution in [2.75, 3.05) is 13.1 Å². The molecule has 1 aromatic carbocycles. The second-order valence-corrected chi connectivity index (χ2v) is 4.74. The number of likely N-dealkylation sites (tertiary alicyclic amines) is 1. The summed E-state index contributed by atoms with van der Waals surface area (Å²) in [6.45, 7) is 1.01. The number of carbonyl (C=O) groups is 2. The van der Waals surface area contributed by atoms with Crippen LogP contribution in [0.15, 0.2) is 24.3 Å². The fraction of sp³-hybridized carbons (Fsp3) is 0.385. The van der Waals surface area contributed by atoms with Crippen molar-refractivity contribution in [3.8, 4) is 0 Å². The predicted molar refractivity (Wildman–Crippen MR) is 69.2 cm³/mol. The summed E-state index contributed by atoms with van der Waals surface area (Å²) in [6, 6.07) is 7.19. The van der Waals surface area contributed by atoms with E-state index in [9.17, 15) is 9.59 Å². The zero-order chi connectivity index (χ0) is 13.1. The highest BCUT2D eigenvalue weighted by Crippen LogP contribution is 2.18. The molecule has 1 fully saturated rings. The normalized spacial score (nSPS) is 18.9. The molecule has 0 aliphatic carbocycles. The third-order valence-corrected chi connectivity index (χ3v) is 3.54.